The van der Waals surface area contributed by atoms with Gasteiger partial charge in [-0.2, -0.15) is 0 Å². The summed E-state index contributed by atoms with van der Waals surface area (Å²) in [6.07, 6.45) is 1.50. The molecule has 1 atom stereocenters. The number of hydrogen-bond acceptors (Lipinski definition) is 2. The van der Waals surface area contributed by atoms with Crippen LogP contribution in [-0.2, 0) is 11.2 Å². The lowest BCUT2D eigenvalue weighted by Crippen LogP contribution is -2.32. The number of carbonyl (C=O) groups excluding carboxylic acids is 1. The summed E-state index contributed by atoms with van der Waals surface area (Å²) in [6, 6.07) is 18.1. The van der Waals surface area contributed by atoms with Gasteiger partial charge in [0.15, 0.2) is 0 Å². The minimum Gasteiger partial charge on any atom is -0.326 e. The molecule has 20 heavy (non-hydrogen) atoms. The molecule has 0 fully saturated rings. The first-order valence-corrected chi connectivity index (χ1v) is 6.99. The maximum absolute atomic E-state index is 12.1. The standard InChI is InChI=1S/C17H18N2O/c20-17(19-14-7-2-1-3-8-14)12-16-15-9-5-4-6-13(15)10-11-18-16/h1-9,16,18H,10-12H2,(H,19,20). The minimum atomic E-state index is 0.0467. The van der Waals surface area contributed by atoms with Gasteiger partial charge in [-0.3, -0.25) is 4.79 Å². The van der Waals surface area contributed by atoms with Crippen molar-refractivity contribution in [2.75, 3.05) is 11.9 Å². The second-order valence-corrected chi connectivity index (χ2v) is 5.07. The number of benzene rings is 2. The first-order chi connectivity index (χ1) is 9.83. The van der Waals surface area contributed by atoms with E-state index in [4.69, 9.17) is 0 Å². The summed E-state index contributed by atoms with van der Waals surface area (Å²) >= 11 is 0. The average molecular weight is 266 g/mol. The second kappa shape index (κ2) is 5.88. The Morgan fingerprint density at radius 3 is 2.70 bits per heavy atom. The van der Waals surface area contributed by atoms with Crippen LogP contribution in [0.3, 0.4) is 0 Å². The van der Waals surface area contributed by atoms with E-state index in [-0.39, 0.29) is 11.9 Å². The zero-order chi connectivity index (χ0) is 13.8. The maximum Gasteiger partial charge on any atom is 0.226 e. The molecule has 3 heteroatoms. The molecule has 0 saturated heterocycles. The largest absolute Gasteiger partial charge is 0.326 e. The molecular formula is C17H18N2O. The van der Waals surface area contributed by atoms with E-state index in [0.717, 1.165) is 18.7 Å². The van der Waals surface area contributed by atoms with Crippen LogP contribution in [-0.4, -0.2) is 12.5 Å². The SMILES string of the molecule is O=C(CC1NCCc2ccccc21)Nc1ccccc1. The van der Waals surface area contributed by atoms with Gasteiger partial charge in [0.05, 0.1) is 0 Å². The highest BCUT2D eigenvalue weighted by atomic mass is 16.1. The molecule has 1 unspecified atom stereocenters. The van der Waals surface area contributed by atoms with Crippen molar-refractivity contribution in [1.82, 2.24) is 5.32 Å². The highest BCUT2D eigenvalue weighted by molar-refractivity contribution is 5.91. The van der Waals surface area contributed by atoms with Gasteiger partial charge in [-0.05, 0) is 36.2 Å². The number of para-hydroxylation sites is 1. The molecule has 2 aromatic rings. The van der Waals surface area contributed by atoms with E-state index >= 15 is 0 Å². The zero-order valence-corrected chi connectivity index (χ0v) is 11.3. The molecule has 3 rings (SSSR count). The summed E-state index contributed by atoms with van der Waals surface area (Å²) < 4.78 is 0. The van der Waals surface area contributed by atoms with Crippen LogP contribution < -0.4 is 10.6 Å². The van der Waals surface area contributed by atoms with Crippen LogP contribution in [0.1, 0.15) is 23.6 Å². The lowest BCUT2D eigenvalue weighted by atomic mass is 9.92. The van der Waals surface area contributed by atoms with Crippen LogP contribution in [0.4, 0.5) is 5.69 Å². The van der Waals surface area contributed by atoms with Crippen LogP contribution in [0.2, 0.25) is 0 Å². The highest BCUT2D eigenvalue weighted by Crippen LogP contribution is 2.25. The van der Waals surface area contributed by atoms with E-state index in [2.05, 4.69) is 28.8 Å². The van der Waals surface area contributed by atoms with Gasteiger partial charge >= 0.3 is 0 Å². The van der Waals surface area contributed by atoms with Gasteiger partial charge in [0.2, 0.25) is 5.91 Å². The third-order valence-corrected chi connectivity index (χ3v) is 3.66. The number of fused-ring (bicyclic) bond motifs is 1. The van der Waals surface area contributed by atoms with Gasteiger partial charge in [0, 0.05) is 18.2 Å². The Kier molecular flexibility index (Phi) is 3.79. The molecule has 0 saturated carbocycles. The fraction of sp³-hybridized carbons (Fsp3) is 0.235. The van der Waals surface area contributed by atoms with Crippen molar-refractivity contribution in [1.29, 1.82) is 0 Å². The summed E-state index contributed by atoms with van der Waals surface area (Å²) in [4.78, 5) is 12.1. The van der Waals surface area contributed by atoms with Crippen LogP contribution >= 0.6 is 0 Å². The molecule has 0 aliphatic carbocycles. The summed E-state index contributed by atoms with van der Waals surface area (Å²) in [5.74, 6) is 0.0467. The predicted molar refractivity (Wildman–Crippen MR) is 80.6 cm³/mol. The molecule has 0 spiro atoms. The van der Waals surface area contributed by atoms with Gasteiger partial charge in [0.25, 0.3) is 0 Å². The molecule has 1 aliphatic heterocycles. The summed E-state index contributed by atoms with van der Waals surface area (Å²) in [6.45, 7) is 0.931. The van der Waals surface area contributed by atoms with Crippen LogP contribution in [0, 0.1) is 0 Å². The van der Waals surface area contributed by atoms with Crippen molar-refractivity contribution in [2.45, 2.75) is 18.9 Å². The van der Waals surface area contributed by atoms with Crippen molar-refractivity contribution >= 4 is 11.6 Å². The predicted octanol–water partition coefficient (Wildman–Crippen LogP) is 2.90. The molecule has 1 aliphatic rings. The van der Waals surface area contributed by atoms with Crippen LogP contribution in [0.15, 0.2) is 54.6 Å². The number of anilines is 1. The first-order valence-electron chi connectivity index (χ1n) is 6.99. The molecule has 2 N–H and O–H groups in total. The number of carbonyl (C=O) groups is 1. The van der Waals surface area contributed by atoms with Gasteiger partial charge < -0.3 is 10.6 Å². The molecule has 0 bridgehead atoms. The van der Waals surface area contributed by atoms with Crippen molar-refractivity contribution in [3.05, 3.63) is 65.7 Å². The Labute approximate surface area is 119 Å². The lowest BCUT2D eigenvalue weighted by molar-refractivity contribution is -0.116. The second-order valence-electron chi connectivity index (χ2n) is 5.07. The van der Waals surface area contributed by atoms with Crippen molar-refractivity contribution in [3.63, 3.8) is 0 Å². The Hall–Kier alpha value is -2.13. The van der Waals surface area contributed by atoms with Gasteiger partial charge in [-0.25, -0.2) is 0 Å². The van der Waals surface area contributed by atoms with Crippen LogP contribution in [0.25, 0.3) is 0 Å². The quantitative estimate of drug-likeness (QED) is 0.897. The van der Waals surface area contributed by atoms with E-state index in [1.54, 1.807) is 0 Å². The molecule has 2 aromatic carbocycles. The van der Waals surface area contributed by atoms with E-state index in [1.807, 2.05) is 36.4 Å². The summed E-state index contributed by atoms with van der Waals surface area (Å²) in [7, 11) is 0. The number of nitrogens with one attached hydrogen (secondary N) is 2. The summed E-state index contributed by atoms with van der Waals surface area (Å²) in [5, 5.41) is 6.37. The van der Waals surface area contributed by atoms with Crippen molar-refractivity contribution in [2.24, 2.45) is 0 Å². The molecule has 3 nitrogen and oxygen atoms in total. The highest BCUT2D eigenvalue weighted by Gasteiger charge is 2.21. The average Bonchev–Trinajstić information content (AvgIpc) is 2.48. The van der Waals surface area contributed by atoms with E-state index in [1.165, 1.54) is 11.1 Å². The fourth-order valence-electron chi connectivity index (χ4n) is 2.69. The number of rotatable bonds is 3. The van der Waals surface area contributed by atoms with E-state index in [0.29, 0.717) is 6.42 Å². The zero-order valence-electron chi connectivity index (χ0n) is 11.3. The molecule has 102 valence electrons. The Morgan fingerprint density at radius 2 is 1.85 bits per heavy atom. The maximum atomic E-state index is 12.1. The Bertz CT molecular complexity index is 595. The smallest absolute Gasteiger partial charge is 0.226 e. The van der Waals surface area contributed by atoms with E-state index in [9.17, 15) is 4.79 Å². The lowest BCUT2D eigenvalue weighted by Gasteiger charge is -2.26. The third kappa shape index (κ3) is 2.89. The topological polar surface area (TPSA) is 41.1 Å². The van der Waals surface area contributed by atoms with E-state index < -0.39 is 0 Å². The Morgan fingerprint density at radius 1 is 1.10 bits per heavy atom. The number of hydrogen-bond donors (Lipinski definition) is 2. The van der Waals surface area contributed by atoms with Gasteiger partial charge in [-0.1, -0.05) is 42.5 Å². The first kappa shape index (κ1) is 12.9. The normalized spacial score (nSPS) is 17.3. The molecule has 1 heterocycles. The molecule has 1 amide bonds. The third-order valence-electron chi connectivity index (χ3n) is 3.66. The molecular weight excluding hydrogens is 248 g/mol. The van der Waals surface area contributed by atoms with Crippen LogP contribution in [0.5, 0.6) is 0 Å². The molecule has 0 aromatic heterocycles. The Balaban J connectivity index is 1.68. The monoisotopic (exact) mass is 266 g/mol. The van der Waals surface area contributed by atoms with Gasteiger partial charge in [0.1, 0.15) is 0 Å². The number of amides is 1. The van der Waals surface area contributed by atoms with Crippen molar-refractivity contribution < 1.29 is 4.79 Å². The van der Waals surface area contributed by atoms with Gasteiger partial charge in [-0.15, -0.1) is 0 Å². The summed E-state index contributed by atoms with van der Waals surface area (Å²) in [5.41, 5.74) is 3.45. The van der Waals surface area contributed by atoms with Crippen molar-refractivity contribution in [3.8, 4) is 0 Å². The minimum absolute atomic E-state index is 0.0467. The fourth-order valence-corrected chi connectivity index (χ4v) is 2.69. The molecule has 0 radical (unpaired) electrons.